The van der Waals surface area contributed by atoms with E-state index in [1.165, 1.54) is 30.2 Å². The van der Waals surface area contributed by atoms with Gasteiger partial charge in [-0.2, -0.15) is 0 Å². The molecule has 0 aliphatic carbocycles. The van der Waals surface area contributed by atoms with Gasteiger partial charge in [-0.05, 0) is 49.7 Å². The van der Waals surface area contributed by atoms with Crippen LogP contribution in [0.2, 0.25) is 0 Å². The fourth-order valence-corrected chi connectivity index (χ4v) is 2.61. The van der Waals surface area contributed by atoms with Gasteiger partial charge in [-0.25, -0.2) is 9.18 Å². The first-order chi connectivity index (χ1) is 13.5. The number of likely N-dealkylation sites (N-methyl/N-ethyl adjacent to an activating group) is 1. The van der Waals surface area contributed by atoms with E-state index < -0.39 is 12.6 Å². The zero-order valence-corrected chi connectivity index (χ0v) is 16.2. The SMILES string of the molecule is CCOc1cc(C(=O)OCC(=O)N(CC)Cc2cccc(F)c2)ccc1OC. The molecule has 2 rings (SSSR count). The molecule has 0 aliphatic heterocycles. The van der Waals surface area contributed by atoms with Crippen molar-refractivity contribution in [2.24, 2.45) is 0 Å². The van der Waals surface area contributed by atoms with Gasteiger partial charge in [-0.1, -0.05) is 12.1 Å². The summed E-state index contributed by atoms with van der Waals surface area (Å²) in [5.41, 5.74) is 0.920. The van der Waals surface area contributed by atoms with Crippen LogP contribution in [0.3, 0.4) is 0 Å². The minimum atomic E-state index is -0.640. The molecule has 0 atom stereocenters. The average molecular weight is 389 g/mol. The van der Waals surface area contributed by atoms with Gasteiger partial charge in [0, 0.05) is 13.1 Å². The Hall–Kier alpha value is -3.09. The lowest BCUT2D eigenvalue weighted by atomic mass is 10.2. The average Bonchev–Trinajstić information content (AvgIpc) is 2.70. The van der Waals surface area contributed by atoms with E-state index in [-0.39, 0.29) is 23.8 Å². The molecule has 0 saturated carbocycles. The first-order valence-corrected chi connectivity index (χ1v) is 8.98. The Bertz CT molecular complexity index is 824. The van der Waals surface area contributed by atoms with Gasteiger partial charge in [0.15, 0.2) is 18.1 Å². The molecular weight excluding hydrogens is 365 g/mol. The predicted molar refractivity (Wildman–Crippen MR) is 102 cm³/mol. The van der Waals surface area contributed by atoms with E-state index in [2.05, 4.69) is 0 Å². The fourth-order valence-electron chi connectivity index (χ4n) is 2.61. The number of amides is 1. The van der Waals surface area contributed by atoms with E-state index >= 15 is 0 Å². The number of nitrogens with zero attached hydrogens (tertiary/aromatic N) is 1. The number of methoxy groups -OCH3 is 1. The third-order valence-corrected chi connectivity index (χ3v) is 4.02. The molecule has 0 heterocycles. The molecule has 0 radical (unpaired) electrons. The summed E-state index contributed by atoms with van der Waals surface area (Å²) >= 11 is 0. The monoisotopic (exact) mass is 389 g/mol. The Labute approximate surface area is 163 Å². The number of hydrogen-bond donors (Lipinski definition) is 0. The van der Waals surface area contributed by atoms with Crippen LogP contribution in [0.25, 0.3) is 0 Å². The fraction of sp³-hybridized carbons (Fsp3) is 0.333. The highest BCUT2D eigenvalue weighted by Crippen LogP contribution is 2.28. The van der Waals surface area contributed by atoms with Crippen molar-refractivity contribution < 1.29 is 28.2 Å². The van der Waals surface area contributed by atoms with Gasteiger partial charge in [0.2, 0.25) is 0 Å². The molecule has 1 amide bonds. The lowest BCUT2D eigenvalue weighted by Gasteiger charge is -2.21. The maximum absolute atomic E-state index is 13.3. The summed E-state index contributed by atoms with van der Waals surface area (Å²) in [5, 5.41) is 0. The first-order valence-electron chi connectivity index (χ1n) is 8.98. The lowest BCUT2D eigenvalue weighted by Crippen LogP contribution is -2.34. The minimum absolute atomic E-state index is 0.238. The highest BCUT2D eigenvalue weighted by Gasteiger charge is 2.17. The van der Waals surface area contributed by atoms with Crippen LogP contribution in [0.15, 0.2) is 42.5 Å². The van der Waals surface area contributed by atoms with E-state index in [0.29, 0.717) is 30.2 Å². The van der Waals surface area contributed by atoms with Crippen LogP contribution >= 0.6 is 0 Å². The lowest BCUT2D eigenvalue weighted by molar-refractivity contribution is -0.134. The molecule has 0 spiro atoms. The standard InChI is InChI=1S/C21H24FNO5/c1-4-23(13-15-7-6-8-17(22)11-15)20(24)14-28-21(25)16-9-10-18(26-3)19(12-16)27-5-2/h6-12H,4-5,13-14H2,1-3H3. The third-order valence-electron chi connectivity index (χ3n) is 4.02. The second-order valence-electron chi connectivity index (χ2n) is 5.91. The summed E-state index contributed by atoms with van der Waals surface area (Å²) in [7, 11) is 1.51. The molecule has 2 aromatic rings. The molecule has 0 aliphatic rings. The van der Waals surface area contributed by atoms with Gasteiger partial charge in [0.25, 0.3) is 5.91 Å². The second-order valence-corrected chi connectivity index (χ2v) is 5.91. The summed E-state index contributed by atoms with van der Waals surface area (Å²) in [6, 6.07) is 10.7. The minimum Gasteiger partial charge on any atom is -0.493 e. The molecule has 28 heavy (non-hydrogen) atoms. The Kier molecular flexibility index (Phi) is 7.80. The summed E-state index contributed by atoms with van der Waals surface area (Å²) in [5.74, 6) is -0.441. The van der Waals surface area contributed by atoms with Crippen LogP contribution < -0.4 is 9.47 Å². The Morgan fingerprint density at radius 1 is 1.07 bits per heavy atom. The van der Waals surface area contributed by atoms with Gasteiger partial charge in [0.05, 0.1) is 19.3 Å². The molecule has 7 heteroatoms. The van der Waals surface area contributed by atoms with Crippen molar-refractivity contribution in [3.05, 3.63) is 59.4 Å². The van der Waals surface area contributed by atoms with E-state index in [4.69, 9.17) is 14.2 Å². The van der Waals surface area contributed by atoms with Crippen molar-refractivity contribution in [2.75, 3.05) is 26.9 Å². The zero-order chi connectivity index (χ0) is 20.5. The van der Waals surface area contributed by atoms with E-state index in [1.807, 2.05) is 6.92 Å². The number of carbonyl (C=O) groups is 2. The second kappa shape index (κ2) is 10.3. The van der Waals surface area contributed by atoms with Crippen molar-refractivity contribution in [1.29, 1.82) is 0 Å². The molecule has 0 saturated heterocycles. The maximum Gasteiger partial charge on any atom is 0.338 e. The summed E-state index contributed by atoms with van der Waals surface area (Å²) in [4.78, 5) is 26.1. The molecule has 0 fully saturated rings. The number of esters is 1. The Morgan fingerprint density at radius 3 is 2.50 bits per heavy atom. The first kappa shape index (κ1) is 21.2. The summed E-state index contributed by atoms with van der Waals surface area (Å²) in [6.45, 7) is 4.28. The van der Waals surface area contributed by atoms with Crippen molar-refractivity contribution in [3.8, 4) is 11.5 Å². The molecule has 150 valence electrons. The van der Waals surface area contributed by atoms with Gasteiger partial charge in [-0.15, -0.1) is 0 Å². The molecule has 2 aromatic carbocycles. The Morgan fingerprint density at radius 2 is 1.86 bits per heavy atom. The summed E-state index contributed by atoms with van der Waals surface area (Å²) in [6.07, 6.45) is 0. The maximum atomic E-state index is 13.3. The topological polar surface area (TPSA) is 65.1 Å². The van der Waals surface area contributed by atoms with Crippen LogP contribution in [0.1, 0.15) is 29.8 Å². The van der Waals surface area contributed by atoms with Crippen LogP contribution in [0.4, 0.5) is 4.39 Å². The van der Waals surface area contributed by atoms with Crippen molar-refractivity contribution >= 4 is 11.9 Å². The van der Waals surface area contributed by atoms with E-state index in [9.17, 15) is 14.0 Å². The largest absolute Gasteiger partial charge is 0.493 e. The number of halogens is 1. The van der Waals surface area contributed by atoms with E-state index in [1.54, 1.807) is 31.2 Å². The smallest absolute Gasteiger partial charge is 0.338 e. The molecule has 0 N–H and O–H groups in total. The van der Waals surface area contributed by atoms with Crippen molar-refractivity contribution in [2.45, 2.75) is 20.4 Å². The van der Waals surface area contributed by atoms with Crippen LogP contribution in [-0.4, -0.2) is 43.6 Å². The Balaban J connectivity index is 1.98. The van der Waals surface area contributed by atoms with Gasteiger partial charge in [-0.3, -0.25) is 4.79 Å². The number of benzene rings is 2. The van der Waals surface area contributed by atoms with Gasteiger partial charge in [0.1, 0.15) is 5.82 Å². The summed E-state index contributed by atoms with van der Waals surface area (Å²) < 4.78 is 29.1. The number of hydrogen-bond acceptors (Lipinski definition) is 5. The van der Waals surface area contributed by atoms with Crippen LogP contribution in [0.5, 0.6) is 11.5 Å². The highest BCUT2D eigenvalue weighted by atomic mass is 19.1. The number of carbonyl (C=O) groups excluding carboxylic acids is 2. The molecular formula is C21H24FNO5. The van der Waals surface area contributed by atoms with Gasteiger partial charge >= 0.3 is 5.97 Å². The van der Waals surface area contributed by atoms with Crippen LogP contribution in [-0.2, 0) is 16.1 Å². The molecule has 6 nitrogen and oxygen atoms in total. The molecule has 0 unspecified atom stereocenters. The number of rotatable bonds is 9. The quantitative estimate of drug-likeness (QED) is 0.615. The van der Waals surface area contributed by atoms with Crippen molar-refractivity contribution in [1.82, 2.24) is 4.90 Å². The highest BCUT2D eigenvalue weighted by molar-refractivity contribution is 5.92. The zero-order valence-electron chi connectivity index (χ0n) is 16.2. The van der Waals surface area contributed by atoms with Crippen molar-refractivity contribution in [3.63, 3.8) is 0 Å². The van der Waals surface area contributed by atoms with Crippen LogP contribution in [0, 0.1) is 5.82 Å². The normalized spacial score (nSPS) is 10.3. The van der Waals surface area contributed by atoms with E-state index in [0.717, 1.165) is 0 Å². The number of ether oxygens (including phenoxy) is 3. The molecule has 0 bridgehead atoms. The predicted octanol–water partition coefficient (Wildman–Crippen LogP) is 3.44. The third kappa shape index (κ3) is 5.70. The van der Waals surface area contributed by atoms with Gasteiger partial charge < -0.3 is 19.1 Å². The molecule has 0 aromatic heterocycles.